The van der Waals surface area contributed by atoms with E-state index in [1.165, 1.54) is 13.2 Å². The average Bonchev–Trinajstić information content (AvgIpc) is 2.82. The standard InChI is InChI=1S/C24H32F3N5O3/c1-7-16(33-5)13-35-20-11-17(18(30-8-2)12-19(20)34-6)23(29-4)31-14(3)15-9-21(24(25,26)27)32-22(28)10-15/h8-12,14,16H,7,13H2,1-6H3,(H2,28,32)(H,29,31)/t14-,16?/m1/s1. The van der Waals surface area contributed by atoms with E-state index < -0.39 is 17.9 Å². The summed E-state index contributed by atoms with van der Waals surface area (Å²) in [6.45, 7) is 5.76. The van der Waals surface area contributed by atoms with Gasteiger partial charge in [0.25, 0.3) is 0 Å². The molecule has 192 valence electrons. The molecule has 0 aliphatic rings. The maximum atomic E-state index is 13.2. The first-order chi connectivity index (χ1) is 16.6. The molecule has 0 radical (unpaired) electrons. The van der Waals surface area contributed by atoms with Crippen LogP contribution >= 0.6 is 0 Å². The Labute approximate surface area is 203 Å². The third-order valence-corrected chi connectivity index (χ3v) is 5.25. The van der Waals surface area contributed by atoms with Gasteiger partial charge >= 0.3 is 6.18 Å². The number of nitrogens with one attached hydrogen (secondary N) is 1. The zero-order chi connectivity index (χ0) is 26.2. The van der Waals surface area contributed by atoms with E-state index in [4.69, 9.17) is 19.9 Å². The molecule has 1 unspecified atom stereocenters. The van der Waals surface area contributed by atoms with Crippen molar-refractivity contribution in [3.05, 3.63) is 41.1 Å². The highest BCUT2D eigenvalue weighted by atomic mass is 19.4. The van der Waals surface area contributed by atoms with Crippen LogP contribution in [0.2, 0.25) is 0 Å². The van der Waals surface area contributed by atoms with Gasteiger partial charge in [-0.05, 0) is 44.0 Å². The fraction of sp³-hybridized carbons (Fsp3) is 0.458. The van der Waals surface area contributed by atoms with Crippen molar-refractivity contribution < 1.29 is 27.4 Å². The van der Waals surface area contributed by atoms with E-state index in [1.54, 1.807) is 46.4 Å². The Balaban J connectivity index is 2.46. The number of hydrogen-bond donors (Lipinski definition) is 2. The Morgan fingerprint density at radius 2 is 1.91 bits per heavy atom. The molecule has 8 nitrogen and oxygen atoms in total. The molecule has 3 N–H and O–H groups in total. The predicted octanol–water partition coefficient (Wildman–Crippen LogP) is 4.94. The minimum absolute atomic E-state index is 0.103. The molecule has 11 heteroatoms. The van der Waals surface area contributed by atoms with E-state index in [0.29, 0.717) is 40.8 Å². The SMILES string of the molecule is CC=Nc1cc(OC)c(OCC(CC)OC)cc1C(=NC)N[C@H](C)c1cc(N)nc(C(F)(F)F)c1. The highest BCUT2D eigenvalue weighted by Crippen LogP contribution is 2.36. The quantitative estimate of drug-likeness (QED) is 0.357. The molecule has 2 rings (SSSR count). The van der Waals surface area contributed by atoms with E-state index in [0.717, 1.165) is 12.5 Å². The molecular formula is C24H32F3N5O3. The molecule has 2 aromatic rings. The number of nitrogens with two attached hydrogens (primary N) is 1. The van der Waals surface area contributed by atoms with Gasteiger partial charge in [0.05, 0.1) is 24.9 Å². The number of benzene rings is 1. The van der Waals surface area contributed by atoms with Crippen LogP contribution < -0.4 is 20.5 Å². The molecule has 0 aliphatic carbocycles. The van der Waals surface area contributed by atoms with Crippen LogP contribution in [0.15, 0.2) is 34.3 Å². The molecule has 0 saturated heterocycles. The van der Waals surface area contributed by atoms with Crippen molar-refractivity contribution in [1.82, 2.24) is 10.3 Å². The summed E-state index contributed by atoms with van der Waals surface area (Å²) >= 11 is 0. The smallest absolute Gasteiger partial charge is 0.433 e. The second-order valence-corrected chi connectivity index (χ2v) is 7.63. The number of aromatic nitrogens is 1. The number of anilines is 1. The van der Waals surface area contributed by atoms with Crippen LogP contribution in [0.5, 0.6) is 11.5 Å². The van der Waals surface area contributed by atoms with E-state index in [1.807, 2.05) is 6.92 Å². The summed E-state index contributed by atoms with van der Waals surface area (Å²) in [7, 11) is 4.71. The molecule has 2 atom stereocenters. The minimum Gasteiger partial charge on any atom is -0.493 e. The number of hydrogen-bond acceptors (Lipinski definition) is 7. The first kappa shape index (κ1) is 27.9. The van der Waals surface area contributed by atoms with Gasteiger partial charge in [-0.25, -0.2) is 4.98 Å². The van der Waals surface area contributed by atoms with Crippen LogP contribution in [-0.2, 0) is 10.9 Å². The lowest BCUT2D eigenvalue weighted by atomic mass is 10.1. The summed E-state index contributed by atoms with van der Waals surface area (Å²) in [5, 5.41) is 3.16. The maximum absolute atomic E-state index is 13.2. The highest BCUT2D eigenvalue weighted by molar-refractivity contribution is 6.04. The van der Waals surface area contributed by atoms with Crippen molar-refractivity contribution in [1.29, 1.82) is 0 Å². The minimum atomic E-state index is -4.62. The number of nitrogen functional groups attached to an aromatic ring is 1. The largest absolute Gasteiger partial charge is 0.493 e. The molecule has 1 heterocycles. The van der Waals surface area contributed by atoms with Crippen molar-refractivity contribution in [2.24, 2.45) is 9.98 Å². The number of halogens is 3. The van der Waals surface area contributed by atoms with Crippen molar-refractivity contribution in [3.8, 4) is 11.5 Å². The molecule has 1 aromatic heterocycles. The Morgan fingerprint density at radius 1 is 1.20 bits per heavy atom. The van der Waals surface area contributed by atoms with E-state index in [-0.39, 0.29) is 11.9 Å². The number of amidine groups is 1. The highest BCUT2D eigenvalue weighted by Gasteiger charge is 2.33. The third kappa shape index (κ3) is 7.32. The average molecular weight is 496 g/mol. The number of ether oxygens (including phenoxy) is 3. The van der Waals surface area contributed by atoms with Gasteiger partial charge in [-0.1, -0.05) is 6.92 Å². The Kier molecular flexibility index (Phi) is 9.88. The van der Waals surface area contributed by atoms with Crippen LogP contribution in [0.4, 0.5) is 24.7 Å². The number of aliphatic imine (C=N–C) groups is 2. The molecule has 0 aliphatic heterocycles. The summed E-state index contributed by atoms with van der Waals surface area (Å²) in [6, 6.07) is 5.21. The van der Waals surface area contributed by atoms with E-state index in [2.05, 4.69) is 20.3 Å². The van der Waals surface area contributed by atoms with Gasteiger partial charge in [0.1, 0.15) is 24.0 Å². The van der Waals surface area contributed by atoms with Gasteiger partial charge in [-0.15, -0.1) is 0 Å². The first-order valence-corrected chi connectivity index (χ1v) is 11.0. The summed E-state index contributed by atoms with van der Waals surface area (Å²) in [5.74, 6) is 1.10. The summed E-state index contributed by atoms with van der Waals surface area (Å²) in [6.07, 6.45) is -2.34. The normalized spacial score (nSPS) is 14.1. The number of methoxy groups -OCH3 is 2. The van der Waals surface area contributed by atoms with Gasteiger partial charge in [-0.2, -0.15) is 13.2 Å². The fourth-order valence-electron chi connectivity index (χ4n) is 3.31. The van der Waals surface area contributed by atoms with Crippen LogP contribution in [0.1, 0.15) is 50.1 Å². The predicted molar refractivity (Wildman–Crippen MR) is 131 cm³/mol. The van der Waals surface area contributed by atoms with Crippen molar-refractivity contribution in [3.63, 3.8) is 0 Å². The van der Waals surface area contributed by atoms with Crippen molar-refractivity contribution in [2.45, 2.75) is 45.5 Å². The summed E-state index contributed by atoms with van der Waals surface area (Å²) in [5.41, 5.74) is 6.01. The van der Waals surface area contributed by atoms with Crippen molar-refractivity contribution in [2.75, 3.05) is 33.6 Å². The van der Waals surface area contributed by atoms with Crippen LogP contribution in [0, 0.1) is 0 Å². The zero-order valence-corrected chi connectivity index (χ0v) is 20.7. The summed E-state index contributed by atoms with van der Waals surface area (Å²) < 4.78 is 56.5. The molecule has 0 amide bonds. The number of nitrogens with zero attached hydrogens (tertiary/aromatic N) is 3. The van der Waals surface area contributed by atoms with E-state index in [9.17, 15) is 13.2 Å². The topological polar surface area (TPSA) is 103 Å². The Bertz CT molecular complexity index is 1050. The second-order valence-electron chi connectivity index (χ2n) is 7.63. The molecule has 0 saturated carbocycles. The van der Waals surface area contributed by atoms with Gasteiger partial charge in [0, 0.05) is 32.0 Å². The van der Waals surface area contributed by atoms with Crippen LogP contribution in [0.3, 0.4) is 0 Å². The van der Waals surface area contributed by atoms with Gasteiger partial charge in [0.2, 0.25) is 0 Å². The molecule has 0 spiro atoms. The van der Waals surface area contributed by atoms with Crippen molar-refractivity contribution >= 4 is 23.6 Å². The molecular weight excluding hydrogens is 463 g/mol. The van der Waals surface area contributed by atoms with Gasteiger partial charge in [0.15, 0.2) is 11.5 Å². The molecule has 0 bridgehead atoms. The lowest BCUT2D eigenvalue weighted by Gasteiger charge is -2.21. The van der Waals surface area contributed by atoms with Crippen LogP contribution in [-0.4, -0.2) is 51.0 Å². The second kappa shape index (κ2) is 12.4. The summed E-state index contributed by atoms with van der Waals surface area (Å²) in [4.78, 5) is 12.1. The molecule has 0 fully saturated rings. The maximum Gasteiger partial charge on any atom is 0.433 e. The first-order valence-electron chi connectivity index (χ1n) is 11.0. The Morgan fingerprint density at radius 3 is 2.46 bits per heavy atom. The molecule has 1 aromatic carbocycles. The lowest BCUT2D eigenvalue weighted by Crippen LogP contribution is -2.28. The number of alkyl halides is 3. The lowest BCUT2D eigenvalue weighted by molar-refractivity contribution is -0.141. The third-order valence-electron chi connectivity index (χ3n) is 5.25. The zero-order valence-electron chi connectivity index (χ0n) is 20.7. The molecule has 35 heavy (non-hydrogen) atoms. The van der Waals surface area contributed by atoms with E-state index >= 15 is 0 Å². The van der Waals surface area contributed by atoms with Crippen LogP contribution in [0.25, 0.3) is 0 Å². The monoisotopic (exact) mass is 495 g/mol. The van der Waals surface area contributed by atoms with Gasteiger partial charge in [-0.3, -0.25) is 9.98 Å². The number of pyridine rings is 1. The number of rotatable bonds is 10. The van der Waals surface area contributed by atoms with Gasteiger partial charge < -0.3 is 25.3 Å². The Hall–Kier alpha value is -3.34. The fourth-order valence-corrected chi connectivity index (χ4v) is 3.31.